The zero-order chi connectivity index (χ0) is 19.3. The molecule has 0 heterocycles. The van der Waals surface area contributed by atoms with E-state index in [0.29, 0.717) is 6.32 Å². The average Bonchev–Trinajstić information content (AvgIpc) is 2.65. The normalized spacial score (nSPS) is 11.6. The fourth-order valence-corrected chi connectivity index (χ4v) is 4.22. The average molecular weight is 367 g/mol. The second-order valence-electron chi connectivity index (χ2n) is 7.21. The molecule has 4 heteroatoms. The van der Waals surface area contributed by atoms with Gasteiger partial charge in [0.05, 0.1) is 6.15 Å². The van der Waals surface area contributed by atoms with Gasteiger partial charge in [-0.05, 0) is 18.2 Å². The smallest absolute Gasteiger partial charge is 0.120 e. The Kier molecular flexibility index (Phi) is 6.05. The van der Waals surface area contributed by atoms with Crippen molar-refractivity contribution in [3.8, 4) is 0 Å². The first-order chi connectivity index (χ1) is 13.1. The van der Waals surface area contributed by atoms with E-state index < -0.39 is 6.15 Å². The molecule has 3 aromatic rings. The van der Waals surface area contributed by atoms with Crippen LogP contribution in [0.25, 0.3) is 0 Å². The molecule has 0 fully saturated rings. The fourth-order valence-electron chi connectivity index (χ4n) is 4.22. The van der Waals surface area contributed by atoms with Crippen LogP contribution < -0.4 is 16.4 Å². The number of benzene rings is 3. The molecule has 0 saturated heterocycles. The SMILES string of the molecule is CCCCC[B-](c1cccc(F)c1)(c1cccc(F)c1)c1cccc(F)c1. The first-order valence-corrected chi connectivity index (χ1v) is 9.51. The topological polar surface area (TPSA) is 0 Å². The molecule has 0 amide bonds. The van der Waals surface area contributed by atoms with Gasteiger partial charge in [0.15, 0.2) is 0 Å². The molecule has 0 aliphatic rings. The number of hydrogen-bond acceptors (Lipinski definition) is 0. The lowest BCUT2D eigenvalue weighted by atomic mass is 9.14. The first kappa shape index (κ1) is 19.3. The maximum Gasteiger partial charge on any atom is 0.120 e. The highest BCUT2D eigenvalue weighted by Gasteiger charge is 2.30. The molecule has 0 aromatic heterocycles. The monoisotopic (exact) mass is 367 g/mol. The minimum Gasteiger partial charge on any atom is -0.207 e. The molecule has 3 rings (SSSR count). The summed E-state index contributed by atoms with van der Waals surface area (Å²) in [7, 11) is 0. The van der Waals surface area contributed by atoms with Crippen molar-refractivity contribution in [1.82, 2.24) is 0 Å². The summed E-state index contributed by atoms with van der Waals surface area (Å²) in [5.41, 5.74) is 2.30. The van der Waals surface area contributed by atoms with Crippen LogP contribution in [-0.4, -0.2) is 6.15 Å². The molecule has 0 nitrogen and oxygen atoms in total. The highest BCUT2D eigenvalue weighted by molar-refractivity contribution is 7.11. The lowest BCUT2D eigenvalue weighted by molar-refractivity contribution is 0.628. The van der Waals surface area contributed by atoms with Crippen molar-refractivity contribution in [2.45, 2.75) is 32.5 Å². The van der Waals surface area contributed by atoms with E-state index in [1.165, 1.54) is 36.4 Å². The second-order valence-corrected chi connectivity index (χ2v) is 7.21. The maximum atomic E-state index is 14.1. The van der Waals surface area contributed by atoms with Crippen LogP contribution in [0.5, 0.6) is 0 Å². The third-order valence-electron chi connectivity index (χ3n) is 5.49. The number of rotatable bonds is 7. The van der Waals surface area contributed by atoms with E-state index in [1.54, 1.807) is 18.2 Å². The van der Waals surface area contributed by atoms with Crippen LogP contribution in [0, 0.1) is 17.5 Å². The van der Waals surface area contributed by atoms with Crippen molar-refractivity contribution >= 4 is 22.5 Å². The van der Waals surface area contributed by atoms with Gasteiger partial charge >= 0.3 is 0 Å². The van der Waals surface area contributed by atoms with Gasteiger partial charge in [0.2, 0.25) is 0 Å². The number of unbranched alkanes of at least 4 members (excludes halogenated alkanes) is 2. The van der Waals surface area contributed by atoms with Gasteiger partial charge < -0.3 is 0 Å². The molecule has 0 atom stereocenters. The van der Waals surface area contributed by atoms with Gasteiger partial charge in [-0.3, -0.25) is 0 Å². The highest BCUT2D eigenvalue weighted by Crippen LogP contribution is 2.18. The summed E-state index contributed by atoms with van der Waals surface area (Å²) >= 11 is 0. The van der Waals surface area contributed by atoms with Gasteiger partial charge in [0.1, 0.15) is 17.5 Å². The Balaban J connectivity index is 2.29. The third-order valence-corrected chi connectivity index (χ3v) is 5.49. The minimum atomic E-state index is -1.70. The molecule has 140 valence electrons. The number of hydrogen-bond donors (Lipinski definition) is 0. The van der Waals surface area contributed by atoms with Crippen LogP contribution in [-0.2, 0) is 0 Å². The van der Waals surface area contributed by atoms with Gasteiger partial charge in [-0.2, -0.15) is 22.7 Å². The van der Waals surface area contributed by atoms with Crippen LogP contribution in [0.2, 0.25) is 6.32 Å². The van der Waals surface area contributed by atoms with Crippen LogP contribution in [0.3, 0.4) is 0 Å². The Labute approximate surface area is 159 Å². The van der Waals surface area contributed by atoms with Crippen molar-refractivity contribution in [2.75, 3.05) is 0 Å². The van der Waals surface area contributed by atoms with E-state index in [0.717, 1.165) is 35.7 Å². The van der Waals surface area contributed by atoms with E-state index >= 15 is 0 Å². The molecular weight excluding hydrogens is 344 g/mol. The Hall–Kier alpha value is -2.49. The summed E-state index contributed by atoms with van der Waals surface area (Å²) in [4.78, 5) is 0. The van der Waals surface area contributed by atoms with Gasteiger partial charge in [0.25, 0.3) is 0 Å². The van der Waals surface area contributed by atoms with E-state index in [1.807, 2.05) is 18.2 Å². The van der Waals surface area contributed by atoms with Crippen LogP contribution in [0.1, 0.15) is 26.2 Å². The van der Waals surface area contributed by atoms with Crippen LogP contribution in [0.15, 0.2) is 72.8 Å². The second kappa shape index (κ2) is 8.47. The quantitative estimate of drug-likeness (QED) is 0.417. The summed E-state index contributed by atoms with van der Waals surface area (Å²) in [5.74, 6) is -1.04. The molecule has 3 aromatic carbocycles. The van der Waals surface area contributed by atoms with Crippen LogP contribution in [0.4, 0.5) is 13.2 Å². The van der Waals surface area contributed by atoms with Crippen molar-refractivity contribution in [1.29, 1.82) is 0 Å². The summed E-state index contributed by atoms with van der Waals surface area (Å²) in [6, 6.07) is 19.3. The van der Waals surface area contributed by atoms with Gasteiger partial charge in [-0.1, -0.05) is 80.8 Å². The summed E-state index contributed by atoms with van der Waals surface area (Å²) in [6.45, 7) is 2.11. The van der Waals surface area contributed by atoms with E-state index in [4.69, 9.17) is 0 Å². The predicted octanol–water partition coefficient (Wildman–Crippen LogP) is 4.76. The van der Waals surface area contributed by atoms with E-state index in [-0.39, 0.29) is 17.5 Å². The molecule has 0 bridgehead atoms. The molecule has 0 spiro atoms. The zero-order valence-corrected chi connectivity index (χ0v) is 15.5. The van der Waals surface area contributed by atoms with Crippen LogP contribution >= 0.6 is 0 Å². The Bertz CT molecular complexity index is 796. The highest BCUT2D eigenvalue weighted by atomic mass is 19.1. The van der Waals surface area contributed by atoms with Gasteiger partial charge in [0, 0.05) is 0 Å². The van der Waals surface area contributed by atoms with Crippen molar-refractivity contribution < 1.29 is 13.2 Å². The first-order valence-electron chi connectivity index (χ1n) is 9.51. The third kappa shape index (κ3) is 4.10. The molecule has 0 radical (unpaired) electrons. The Morgan fingerprint density at radius 1 is 0.630 bits per heavy atom. The van der Waals surface area contributed by atoms with Crippen molar-refractivity contribution in [2.24, 2.45) is 0 Å². The lowest BCUT2D eigenvalue weighted by Gasteiger charge is -2.43. The fraction of sp³-hybridized carbons (Fsp3) is 0.217. The largest absolute Gasteiger partial charge is 0.207 e. The van der Waals surface area contributed by atoms with Gasteiger partial charge in [-0.25, -0.2) is 13.2 Å². The van der Waals surface area contributed by atoms with E-state index in [9.17, 15) is 13.2 Å². The molecule has 0 N–H and O–H groups in total. The standard InChI is InChI=1S/C23H23BF3/c1-2-3-4-14-24(18-8-5-11-21(25)15-18,19-9-6-12-22(26)16-19)20-10-7-13-23(27)17-20/h5-13,15-17H,2-4,14H2,1H3/q-1. The predicted molar refractivity (Wildman–Crippen MR) is 108 cm³/mol. The summed E-state index contributed by atoms with van der Waals surface area (Å²) < 4.78 is 42.4. The molecular formula is C23H23BF3-. The minimum absolute atomic E-state index is 0.345. The summed E-state index contributed by atoms with van der Waals surface area (Å²) in [6.07, 6.45) is 1.92. The van der Waals surface area contributed by atoms with E-state index in [2.05, 4.69) is 6.92 Å². The molecule has 0 saturated carbocycles. The van der Waals surface area contributed by atoms with Gasteiger partial charge in [-0.15, -0.1) is 0 Å². The Morgan fingerprint density at radius 3 is 1.37 bits per heavy atom. The number of halogens is 3. The molecule has 0 aliphatic carbocycles. The van der Waals surface area contributed by atoms with Crippen molar-refractivity contribution in [3.05, 3.63) is 90.2 Å². The van der Waals surface area contributed by atoms with Crippen molar-refractivity contribution in [3.63, 3.8) is 0 Å². The zero-order valence-electron chi connectivity index (χ0n) is 15.5. The molecule has 0 aliphatic heterocycles. The molecule has 27 heavy (non-hydrogen) atoms. The Morgan fingerprint density at radius 2 is 1.04 bits per heavy atom. The summed E-state index contributed by atoms with van der Waals surface area (Å²) in [5, 5.41) is 0. The molecule has 0 unspecified atom stereocenters. The lowest BCUT2D eigenvalue weighted by Crippen LogP contribution is -2.67. The maximum absolute atomic E-state index is 14.1.